The lowest BCUT2D eigenvalue weighted by Crippen LogP contribution is -2.18. The quantitative estimate of drug-likeness (QED) is 0.702. The van der Waals surface area contributed by atoms with Crippen LogP contribution < -0.4 is 0 Å². The van der Waals surface area contributed by atoms with Gasteiger partial charge in [-0.25, -0.2) is 4.39 Å². The van der Waals surface area contributed by atoms with Crippen LogP contribution in [0.4, 0.5) is 4.39 Å². The molecule has 0 aliphatic heterocycles. The van der Waals surface area contributed by atoms with Gasteiger partial charge in [0.25, 0.3) is 0 Å². The van der Waals surface area contributed by atoms with Gasteiger partial charge >= 0.3 is 0 Å². The molecule has 1 aliphatic carbocycles. The molecule has 0 unspecified atom stereocenters. The summed E-state index contributed by atoms with van der Waals surface area (Å²) in [6.45, 7) is 0. The monoisotopic (exact) mass is 282 g/mol. The van der Waals surface area contributed by atoms with Gasteiger partial charge in [0.1, 0.15) is 5.82 Å². The van der Waals surface area contributed by atoms with Gasteiger partial charge in [-0.05, 0) is 24.5 Å². The van der Waals surface area contributed by atoms with E-state index >= 15 is 0 Å². The first-order valence-corrected chi connectivity index (χ1v) is 7.65. The summed E-state index contributed by atoms with van der Waals surface area (Å²) in [5.74, 6) is -0.128. The second-order valence-electron chi connectivity index (χ2n) is 5.76. The molecule has 0 N–H and O–H groups in total. The van der Waals surface area contributed by atoms with Crippen molar-refractivity contribution in [2.24, 2.45) is 5.92 Å². The van der Waals surface area contributed by atoms with Crippen LogP contribution in [0.25, 0.3) is 11.1 Å². The Hall–Kier alpha value is -1.96. The lowest BCUT2D eigenvalue weighted by Gasteiger charge is -2.20. The largest absolute Gasteiger partial charge is 0.294 e. The second-order valence-corrected chi connectivity index (χ2v) is 5.76. The fourth-order valence-electron chi connectivity index (χ4n) is 3.12. The molecular weight excluding hydrogens is 263 g/mol. The van der Waals surface area contributed by atoms with Crippen LogP contribution in [-0.2, 0) is 0 Å². The lowest BCUT2D eigenvalue weighted by atomic mass is 9.83. The van der Waals surface area contributed by atoms with Crippen LogP contribution in [-0.4, -0.2) is 5.78 Å². The van der Waals surface area contributed by atoms with Crippen molar-refractivity contribution < 1.29 is 9.18 Å². The molecule has 0 saturated heterocycles. The third-order valence-electron chi connectivity index (χ3n) is 4.31. The number of rotatable bonds is 3. The van der Waals surface area contributed by atoms with Crippen molar-refractivity contribution in [3.63, 3.8) is 0 Å². The van der Waals surface area contributed by atoms with Crippen LogP contribution in [0, 0.1) is 11.7 Å². The third-order valence-corrected chi connectivity index (χ3v) is 4.31. The van der Waals surface area contributed by atoms with Crippen LogP contribution >= 0.6 is 0 Å². The maximum Gasteiger partial charge on any atom is 0.166 e. The van der Waals surface area contributed by atoms with Crippen molar-refractivity contribution in [1.82, 2.24) is 0 Å². The molecule has 1 aliphatic rings. The first-order valence-electron chi connectivity index (χ1n) is 7.65. The minimum absolute atomic E-state index is 0.0840. The number of halogens is 1. The number of benzene rings is 2. The highest BCUT2D eigenvalue weighted by atomic mass is 19.1. The molecule has 108 valence electrons. The summed E-state index contributed by atoms with van der Waals surface area (Å²) >= 11 is 0. The molecule has 3 rings (SSSR count). The fraction of sp³-hybridized carbons (Fsp3) is 0.316. The van der Waals surface area contributed by atoms with E-state index in [1.165, 1.54) is 12.5 Å². The number of Topliss-reactive ketones (excluding diaryl/α,β-unsaturated/α-hetero) is 1. The van der Waals surface area contributed by atoms with Gasteiger partial charge in [-0.1, -0.05) is 61.7 Å². The Morgan fingerprint density at radius 2 is 1.67 bits per heavy atom. The van der Waals surface area contributed by atoms with E-state index < -0.39 is 0 Å². The smallest absolute Gasteiger partial charge is 0.166 e. The van der Waals surface area contributed by atoms with Crippen LogP contribution in [0.5, 0.6) is 0 Å². The van der Waals surface area contributed by atoms with E-state index in [0.29, 0.717) is 11.1 Å². The lowest BCUT2D eigenvalue weighted by molar-refractivity contribution is 0.0889. The van der Waals surface area contributed by atoms with Gasteiger partial charge in [-0.2, -0.15) is 0 Å². The van der Waals surface area contributed by atoms with E-state index in [0.717, 1.165) is 31.2 Å². The molecule has 1 fully saturated rings. The molecule has 21 heavy (non-hydrogen) atoms. The second kappa shape index (κ2) is 6.21. The first-order chi connectivity index (χ1) is 10.3. The summed E-state index contributed by atoms with van der Waals surface area (Å²) in [5.41, 5.74) is 1.90. The molecule has 0 atom stereocenters. The molecule has 0 aromatic heterocycles. The molecule has 0 radical (unpaired) electrons. The normalized spacial score (nSPS) is 15.9. The van der Waals surface area contributed by atoms with Gasteiger partial charge in [0.15, 0.2) is 5.78 Å². The summed E-state index contributed by atoms with van der Waals surface area (Å²) < 4.78 is 14.3. The first kappa shape index (κ1) is 14.0. The van der Waals surface area contributed by atoms with Crippen LogP contribution in [0.1, 0.15) is 42.5 Å². The number of ketones is 1. The Kier molecular flexibility index (Phi) is 4.14. The van der Waals surface area contributed by atoms with E-state index in [4.69, 9.17) is 0 Å². The van der Waals surface area contributed by atoms with Crippen molar-refractivity contribution >= 4 is 5.78 Å². The topological polar surface area (TPSA) is 17.1 Å². The molecule has 0 bridgehead atoms. The van der Waals surface area contributed by atoms with Crippen molar-refractivity contribution in [2.45, 2.75) is 32.1 Å². The van der Waals surface area contributed by atoms with E-state index in [9.17, 15) is 9.18 Å². The predicted molar refractivity (Wildman–Crippen MR) is 82.7 cm³/mol. The van der Waals surface area contributed by atoms with E-state index in [2.05, 4.69) is 0 Å². The van der Waals surface area contributed by atoms with Gasteiger partial charge in [0.2, 0.25) is 0 Å². The third kappa shape index (κ3) is 3.05. The predicted octanol–water partition coefficient (Wildman–Crippen LogP) is 5.26. The van der Waals surface area contributed by atoms with Gasteiger partial charge in [0.05, 0.1) is 0 Å². The SMILES string of the molecule is O=C(c1ccc(-c2ccccc2)c(F)c1)C1CCCCC1. The number of hydrogen-bond donors (Lipinski definition) is 0. The van der Waals surface area contributed by atoms with E-state index in [1.807, 2.05) is 30.3 Å². The van der Waals surface area contributed by atoms with Crippen LogP contribution in [0.3, 0.4) is 0 Å². The van der Waals surface area contributed by atoms with Crippen LogP contribution in [0.15, 0.2) is 48.5 Å². The van der Waals surface area contributed by atoms with Gasteiger partial charge < -0.3 is 0 Å². The van der Waals surface area contributed by atoms with Gasteiger partial charge in [-0.15, -0.1) is 0 Å². The van der Waals surface area contributed by atoms with Crippen molar-refractivity contribution in [1.29, 1.82) is 0 Å². The van der Waals surface area contributed by atoms with E-state index in [1.54, 1.807) is 12.1 Å². The van der Waals surface area contributed by atoms with Crippen molar-refractivity contribution in [3.05, 3.63) is 59.9 Å². The highest BCUT2D eigenvalue weighted by Gasteiger charge is 2.23. The Morgan fingerprint density at radius 3 is 2.33 bits per heavy atom. The average molecular weight is 282 g/mol. The molecule has 0 heterocycles. The average Bonchev–Trinajstić information content (AvgIpc) is 2.55. The van der Waals surface area contributed by atoms with Gasteiger partial charge in [-0.3, -0.25) is 4.79 Å². The molecule has 2 aromatic carbocycles. The highest BCUT2D eigenvalue weighted by molar-refractivity contribution is 5.98. The Bertz CT molecular complexity index is 627. The molecule has 2 heteroatoms. The Morgan fingerprint density at radius 1 is 0.952 bits per heavy atom. The standard InChI is InChI=1S/C19H19FO/c20-18-13-16(19(21)15-9-5-2-6-10-15)11-12-17(18)14-7-3-1-4-8-14/h1,3-4,7-8,11-13,15H,2,5-6,9-10H2. The molecule has 0 spiro atoms. The fourth-order valence-corrected chi connectivity index (χ4v) is 3.12. The summed E-state index contributed by atoms with van der Waals surface area (Å²) in [5, 5.41) is 0. The number of hydrogen-bond acceptors (Lipinski definition) is 1. The summed E-state index contributed by atoms with van der Waals surface area (Å²) in [6.07, 6.45) is 5.33. The van der Waals surface area contributed by atoms with Gasteiger partial charge in [0, 0.05) is 17.0 Å². The highest BCUT2D eigenvalue weighted by Crippen LogP contribution is 2.29. The zero-order valence-electron chi connectivity index (χ0n) is 12.0. The minimum Gasteiger partial charge on any atom is -0.294 e. The van der Waals surface area contributed by atoms with Crippen LogP contribution in [0.2, 0.25) is 0 Å². The summed E-state index contributed by atoms with van der Waals surface area (Å²) in [6, 6.07) is 14.3. The minimum atomic E-state index is -0.317. The Balaban J connectivity index is 1.85. The number of carbonyl (C=O) groups is 1. The van der Waals surface area contributed by atoms with Crippen molar-refractivity contribution in [3.8, 4) is 11.1 Å². The summed E-state index contributed by atoms with van der Waals surface area (Å²) in [7, 11) is 0. The molecular formula is C19H19FO. The maximum atomic E-state index is 14.3. The maximum absolute atomic E-state index is 14.3. The zero-order chi connectivity index (χ0) is 14.7. The Labute approximate surface area is 124 Å². The molecule has 0 amide bonds. The van der Waals surface area contributed by atoms with E-state index in [-0.39, 0.29) is 17.5 Å². The molecule has 1 saturated carbocycles. The van der Waals surface area contributed by atoms with Crippen molar-refractivity contribution in [2.75, 3.05) is 0 Å². The number of carbonyl (C=O) groups excluding carboxylic acids is 1. The zero-order valence-corrected chi connectivity index (χ0v) is 12.0. The molecule has 1 nitrogen and oxygen atoms in total. The summed E-state index contributed by atoms with van der Waals surface area (Å²) in [4.78, 5) is 12.4. The molecule has 2 aromatic rings.